The highest BCUT2D eigenvalue weighted by Gasteiger charge is 2.42. The van der Waals surface area contributed by atoms with Crippen molar-refractivity contribution in [1.29, 1.82) is 0 Å². The molecule has 6 heteroatoms. The lowest BCUT2D eigenvalue weighted by atomic mass is 9.97. The van der Waals surface area contributed by atoms with Crippen molar-refractivity contribution < 1.29 is 19.2 Å². The van der Waals surface area contributed by atoms with Gasteiger partial charge in [0, 0.05) is 11.1 Å². The number of nitrogens with zero attached hydrogens (tertiary/aromatic N) is 2. The predicted octanol–water partition coefficient (Wildman–Crippen LogP) is 6.52. The second-order valence-electron chi connectivity index (χ2n) is 10.2. The van der Waals surface area contributed by atoms with Crippen LogP contribution in [0, 0.1) is 6.92 Å². The summed E-state index contributed by atoms with van der Waals surface area (Å²) >= 11 is 0. The van der Waals surface area contributed by atoms with Crippen LogP contribution in [0.2, 0.25) is 0 Å². The quantitative estimate of drug-likeness (QED) is 0.199. The zero-order valence-electron chi connectivity index (χ0n) is 21.8. The molecule has 0 fully saturated rings. The molecule has 1 aliphatic carbocycles. The Morgan fingerprint density at radius 3 is 1.57 bits per heavy atom. The van der Waals surface area contributed by atoms with Crippen LogP contribution in [0.4, 0.5) is 0 Å². The van der Waals surface area contributed by atoms with Crippen molar-refractivity contribution in [2.75, 3.05) is 0 Å². The number of hydrogen-bond donors (Lipinski definition) is 0. The lowest BCUT2D eigenvalue weighted by Gasteiger charge is -2.20. The number of carbonyl (C=O) groups excluding carboxylic acids is 4. The standard InChI is InChI=1S/C34H22N2O4/c1-3-28(36-33(39)25-16-21-10-6-7-11-22(21)17-26(25)34(36)40)30-18(2)12-13-27(35-30)29-31(37)23-14-19-8-4-5-9-20(19)15-24(23)32(29)38/h3-17,29H,1-2H3/b28-3+. The van der Waals surface area contributed by atoms with Crippen molar-refractivity contribution in [1.82, 2.24) is 9.88 Å². The molecule has 5 aromatic rings. The Balaban J connectivity index is 1.30. The van der Waals surface area contributed by atoms with E-state index in [1.54, 1.807) is 49.4 Å². The molecule has 0 atom stereocenters. The van der Waals surface area contributed by atoms with E-state index in [4.69, 9.17) is 4.98 Å². The minimum atomic E-state index is -1.09. The van der Waals surface area contributed by atoms with Gasteiger partial charge in [-0.15, -0.1) is 0 Å². The molecule has 0 saturated carbocycles. The van der Waals surface area contributed by atoms with Gasteiger partial charge >= 0.3 is 0 Å². The van der Waals surface area contributed by atoms with E-state index in [-0.39, 0.29) is 17.3 Å². The first kappa shape index (κ1) is 23.9. The molecule has 0 N–H and O–H groups in total. The highest BCUT2D eigenvalue weighted by atomic mass is 16.2. The summed E-state index contributed by atoms with van der Waals surface area (Å²) in [4.78, 5) is 60.1. The van der Waals surface area contributed by atoms with Gasteiger partial charge in [0.05, 0.1) is 28.2 Å². The molecule has 0 unspecified atom stereocenters. The first-order chi connectivity index (χ1) is 19.4. The number of amides is 2. The molecule has 2 amide bonds. The monoisotopic (exact) mass is 522 g/mol. The van der Waals surface area contributed by atoms with Crippen molar-refractivity contribution in [3.05, 3.63) is 130 Å². The number of imide groups is 1. The van der Waals surface area contributed by atoms with Crippen molar-refractivity contribution >= 4 is 50.6 Å². The lowest BCUT2D eigenvalue weighted by molar-refractivity contribution is 0.0733. The third kappa shape index (κ3) is 3.32. The Morgan fingerprint density at radius 1 is 0.675 bits per heavy atom. The van der Waals surface area contributed by atoms with E-state index in [0.717, 1.165) is 26.4 Å². The zero-order chi connectivity index (χ0) is 27.7. The maximum absolute atomic E-state index is 13.6. The van der Waals surface area contributed by atoms with Gasteiger partial charge in [0.25, 0.3) is 11.8 Å². The van der Waals surface area contributed by atoms with Gasteiger partial charge in [-0.1, -0.05) is 60.7 Å². The number of carbonyl (C=O) groups is 4. The maximum Gasteiger partial charge on any atom is 0.266 e. The predicted molar refractivity (Wildman–Crippen MR) is 152 cm³/mol. The Kier molecular flexibility index (Phi) is 5.16. The summed E-state index contributed by atoms with van der Waals surface area (Å²) in [5.41, 5.74) is 3.13. The number of allylic oxidation sites excluding steroid dienone is 1. The molecule has 6 nitrogen and oxygen atoms in total. The molecular weight excluding hydrogens is 500 g/mol. The highest BCUT2D eigenvalue weighted by Crippen LogP contribution is 2.38. The topological polar surface area (TPSA) is 84.4 Å². The Hall–Kier alpha value is -5.23. The van der Waals surface area contributed by atoms with Crippen LogP contribution in [0.5, 0.6) is 0 Å². The average molecular weight is 523 g/mol. The van der Waals surface area contributed by atoms with Crippen LogP contribution in [0.25, 0.3) is 27.2 Å². The van der Waals surface area contributed by atoms with Crippen LogP contribution < -0.4 is 0 Å². The molecule has 2 aliphatic rings. The minimum Gasteiger partial charge on any atom is -0.293 e. The van der Waals surface area contributed by atoms with Crippen LogP contribution in [0.3, 0.4) is 0 Å². The second-order valence-corrected chi connectivity index (χ2v) is 10.2. The Morgan fingerprint density at radius 2 is 1.12 bits per heavy atom. The lowest BCUT2D eigenvalue weighted by Crippen LogP contribution is -2.29. The van der Waals surface area contributed by atoms with Crippen molar-refractivity contribution in [2.24, 2.45) is 0 Å². The summed E-state index contributed by atoms with van der Waals surface area (Å²) in [6, 6.07) is 25.6. The first-order valence-corrected chi connectivity index (χ1v) is 13.0. The van der Waals surface area contributed by atoms with Crippen LogP contribution >= 0.6 is 0 Å². The van der Waals surface area contributed by atoms with E-state index in [9.17, 15) is 19.2 Å². The number of ketones is 2. The van der Waals surface area contributed by atoms with Crippen LogP contribution in [0.1, 0.15) is 71.2 Å². The molecule has 1 aliphatic heterocycles. The van der Waals surface area contributed by atoms with Gasteiger partial charge in [0.15, 0.2) is 11.6 Å². The average Bonchev–Trinajstić information content (AvgIpc) is 3.36. The molecule has 40 heavy (non-hydrogen) atoms. The van der Waals surface area contributed by atoms with Gasteiger partial charge in [0.2, 0.25) is 0 Å². The Bertz CT molecular complexity index is 1910. The van der Waals surface area contributed by atoms with E-state index < -0.39 is 17.7 Å². The van der Waals surface area contributed by atoms with Crippen LogP contribution in [-0.4, -0.2) is 33.3 Å². The third-order valence-electron chi connectivity index (χ3n) is 7.87. The molecule has 4 aromatic carbocycles. The first-order valence-electron chi connectivity index (χ1n) is 13.0. The fourth-order valence-corrected chi connectivity index (χ4v) is 5.83. The summed E-state index contributed by atoms with van der Waals surface area (Å²) < 4.78 is 0. The van der Waals surface area contributed by atoms with Gasteiger partial charge in [-0.2, -0.15) is 0 Å². The van der Waals surface area contributed by atoms with Gasteiger partial charge in [-0.25, -0.2) is 9.88 Å². The molecule has 1 aromatic heterocycles. The molecule has 0 saturated heterocycles. The SMILES string of the molecule is C/C=C(\c1nc(C2C(=O)c3cc4ccccc4cc3C2=O)ccc1C)N1C(=O)c2cc3ccccc3cc2C1=O. The summed E-state index contributed by atoms with van der Waals surface area (Å²) in [7, 11) is 0. The largest absolute Gasteiger partial charge is 0.293 e. The number of fused-ring (bicyclic) bond motifs is 4. The van der Waals surface area contributed by atoms with Crippen molar-refractivity contribution in [2.45, 2.75) is 19.8 Å². The van der Waals surface area contributed by atoms with E-state index in [1.165, 1.54) is 0 Å². The van der Waals surface area contributed by atoms with Crippen LogP contribution in [0.15, 0.2) is 91.0 Å². The highest BCUT2D eigenvalue weighted by molar-refractivity contribution is 6.31. The smallest absolute Gasteiger partial charge is 0.266 e. The van der Waals surface area contributed by atoms with E-state index in [2.05, 4.69) is 0 Å². The fourth-order valence-electron chi connectivity index (χ4n) is 5.83. The molecule has 0 radical (unpaired) electrons. The van der Waals surface area contributed by atoms with Crippen molar-refractivity contribution in [3.63, 3.8) is 0 Å². The summed E-state index contributed by atoms with van der Waals surface area (Å²) in [6.07, 6.45) is 1.67. The van der Waals surface area contributed by atoms with E-state index >= 15 is 0 Å². The van der Waals surface area contributed by atoms with Crippen LogP contribution in [-0.2, 0) is 0 Å². The normalized spacial score (nSPS) is 15.4. The molecular formula is C34H22N2O4. The number of pyridine rings is 1. The van der Waals surface area contributed by atoms with Gasteiger partial charge in [-0.05, 0) is 71.3 Å². The summed E-state index contributed by atoms with van der Waals surface area (Å²) in [5.74, 6) is -2.56. The van der Waals surface area contributed by atoms with Gasteiger partial charge in [0.1, 0.15) is 5.92 Å². The number of hydrogen-bond acceptors (Lipinski definition) is 5. The number of Topliss-reactive ketones (excluding diaryl/α,β-unsaturated/α-hetero) is 2. The van der Waals surface area contributed by atoms with E-state index in [1.807, 2.05) is 55.5 Å². The maximum atomic E-state index is 13.6. The van der Waals surface area contributed by atoms with Crippen molar-refractivity contribution in [3.8, 4) is 0 Å². The molecule has 7 rings (SSSR count). The zero-order valence-corrected chi connectivity index (χ0v) is 21.8. The number of rotatable bonds is 3. The number of aromatic nitrogens is 1. The summed E-state index contributed by atoms with van der Waals surface area (Å²) in [5, 5.41) is 3.51. The van der Waals surface area contributed by atoms with E-state index in [0.29, 0.717) is 39.2 Å². The molecule has 192 valence electrons. The minimum absolute atomic E-state index is 0.289. The third-order valence-corrected chi connectivity index (χ3v) is 7.87. The molecule has 2 heterocycles. The molecule has 0 bridgehead atoms. The van der Waals surface area contributed by atoms with Gasteiger partial charge in [-0.3, -0.25) is 19.2 Å². The molecule has 0 spiro atoms. The fraction of sp³-hybridized carbons (Fsp3) is 0.0882. The number of aryl methyl sites for hydroxylation is 1. The van der Waals surface area contributed by atoms with Gasteiger partial charge < -0.3 is 0 Å². The number of benzene rings is 4. The second kappa shape index (κ2) is 8.64. The Labute approximate surface area is 229 Å². The summed E-state index contributed by atoms with van der Waals surface area (Å²) in [6.45, 7) is 3.55.